The first-order chi connectivity index (χ1) is 16.1. The average molecular weight is 436 g/mol. The van der Waals surface area contributed by atoms with Crippen LogP contribution < -0.4 is 15.1 Å². The fraction of sp³-hybridized carbons (Fsp3) is 0.120. The highest BCUT2D eigenvalue weighted by Crippen LogP contribution is 2.31. The minimum atomic E-state index is 0.462. The Balaban J connectivity index is 1.94. The first-order valence-corrected chi connectivity index (χ1v) is 10.2. The second kappa shape index (κ2) is 8.13. The van der Waals surface area contributed by atoms with Crippen molar-refractivity contribution in [3.63, 3.8) is 0 Å². The van der Waals surface area contributed by atoms with E-state index >= 15 is 0 Å². The lowest BCUT2D eigenvalue weighted by molar-refractivity contribution is 0.394. The lowest BCUT2D eigenvalue weighted by atomic mass is 10.0. The number of hydrogen-bond acceptors (Lipinski definition) is 6. The van der Waals surface area contributed by atoms with Crippen LogP contribution in [0.5, 0.6) is 11.5 Å². The van der Waals surface area contributed by atoms with Crippen LogP contribution in [-0.2, 0) is 7.05 Å². The molecule has 33 heavy (non-hydrogen) atoms. The van der Waals surface area contributed by atoms with Crippen molar-refractivity contribution in [3.05, 3.63) is 72.7 Å². The van der Waals surface area contributed by atoms with Gasteiger partial charge in [-0.15, -0.1) is 4.99 Å². The molecule has 0 aliphatic rings. The molecule has 5 aromatic rings. The number of nitrogens with zero attached hydrogens (tertiary/aromatic N) is 6. The number of imidazole rings is 1. The summed E-state index contributed by atoms with van der Waals surface area (Å²) in [5.74, 6) is 1.26. The number of ether oxygens (including phenoxy) is 2. The molecule has 8 heteroatoms. The molecule has 0 radical (unpaired) electrons. The summed E-state index contributed by atoms with van der Waals surface area (Å²) in [5.41, 5.74) is 5.77. The Labute approximate surface area is 189 Å². The minimum Gasteiger partial charge on any atom is -0.497 e. The summed E-state index contributed by atoms with van der Waals surface area (Å²) in [7, 11) is 5.07. The summed E-state index contributed by atoms with van der Waals surface area (Å²) < 4.78 is 14.8. The SMILES string of the molecule is COc1cc(OC)cc(-n2/c(=N\C#N)n(C)c3cnc4ccc(-c5cccnc5)cc4c32)c1. The van der Waals surface area contributed by atoms with Gasteiger partial charge in [-0.1, -0.05) is 12.1 Å². The first kappa shape index (κ1) is 20.3. The summed E-state index contributed by atoms with van der Waals surface area (Å²) in [5, 5.41) is 10.4. The van der Waals surface area contributed by atoms with E-state index in [0.717, 1.165) is 38.8 Å². The Kier molecular flexibility index (Phi) is 4.99. The van der Waals surface area contributed by atoms with E-state index < -0.39 is 0 Å². The molecule has 3 heterocycles. The van der Waals surface area contributed by atoms with Gasteiger partial charge in [0.15, 0.2) is 0 Å². The molecule has 0 bridgehead atoms. The summed E-state index contributed by atoms with van der Waals surface area (Å²) in [6.07, 6.45) is 7.31. The van der Waals surface area contributed by atoms with Gasteiger partial charge in [-0.2, -0.15) is 5.26 Å². The molecule has 0 N–H and O–H groups in total. The van der Waals surface area contributed by atoms with E-state index in [1.807, 2.05) is 65.0 Å². The summed E-state index contributed by atoms with van der Waals surface area (Å²) in [4.78, 5) is 13.0. The molecular weight excluding hydrogens is 416 g/mol. The molecular formula is C25H20N6O2. The highest BCUT2D eigenvalue weighted by atomic mass is 16.5. The number of nitriles is 1. The van der Waals surface area contributed by atoms with Gasteiger partial charge >= 0.3 is 0 Å². The first-order valence-electron chi connectivity index (χ1n) is 10.2. The quantitative estimate of drug-likeness (QED) is 0.398. The number of aromatic nitrogens is 4. The van der Waals surface area contributed by atoms with Gasteiger partial charge in [-0.25, -0.2) is 0 Å². The predicted molar refractivity (Wildman–Crippen MR) is 125 cm³/mol. The van der Waals surface area contributed by atoms with E-state index in [-0.39, 0.29) is 0 Å². The van der Waals surface area contributed by atoms with E-state index in [1.165, 1.54) is 0 Å². The van der Waals surface area contributed by atoms with Gasteiger partial charge in [-0.05, 0) is 23.8 Å². The third-order valence-corrected chi connectivity index (χ3v) is 5.64. The van der Waals surface area contributed by atoms with Gasteiger partial charge < -0.3 is 14.0 Å². The van der Waals surface area contributed by atoms with Crippen LogP contribution in [0.25, 0.3) is 38.8 Å². The zero-order chi connectivity index (χ0) is 22.9. The summed E-state index contributed by atoms with van der Waals surface area (Å²) >= 11 is 0. The Morgan fingerprint density at radius 1 is 0.970 bits per heavy atom. The van der Waals surface area contributed by atoms with Gasteiger partial charge in [0, 0.05) is 48.6 Å². The minimum absolute atomic E-state index is 0.462. The van der Waals surface area contributed by atoms with Crippen molar-refractivity contribution >= 4 is 21.9 Å². The van der Waals surface area contributed by atoms with Gasteiger partial charge in [0.1, 0.15) is 11.5 Å². The number of methoxy groups -OCH3 is 2. The highest BCUT2D eigenvalue weighted by Gasteiger charge is 2.17. The second-order valence-corrected chi connectivity index (χ2v) is 7.44. The van der Waals surface area contributed by atoms with E-state index in [1.54, 1.807) is 32.7 Å². The Morgan fingerprint density at radius 2 is 1.76 bits per heavy atom. The lowest BCUT2D eigenvalue weighted by Crippen LogP contribution is -2.22. The molecule has 8 nitrogen and oxygen atoms in total. The number of pyridine rings is 2. The topological polar surface area (TPSA) is 90.2 Å². The summed E-state index contributed by atoms with van der Waals surface area (Å²) in [6.45, 7) is 0. The molecule has 0 amide bonds. The molecule has 0 aliphatic carbocycles. The Bertz CT molecular complexity index is 1590. The van der Waals surface area contributed by atoms with Crippen LogP contribution in [0, 0.1) is 11.5 Å². The van der Waals surface area contributed by atoms with Crippen molar-refractivity contribution in [2.75, 3.05) is 14.2 Å². The zero-order valence-electron chi connectivity index (χ0n) is 18.4. The number of benzene rings is 2. The van der Waals surface area contributed by atoms with Gasteiger partial charge in [0.2, 0.25) is 11.8 Å². The normalized spacial score (nSPS) is 11.6. The molecule has 162 valence electrons. The van der Waals surface area contributed by atoms with E-state index in [2.05, 4.69) is 21.0 Å². The third kappa shape index (κ3) is 3.36. The van der Waals surface area contributed by atoms with Crippen LogP contribution in [0.15, 0.2) is 72.1 Å². The van der Waals surface area contributed by atoms with E-state index in [0.29, 0.717) is 17.1 Å². The van der Waals surface area contributed by atoms with Crippen LogP contribution in [-0.4, -0.2) is 33.3 Å². The highest BCUT2D eigenvalue weighted by molar-refractivity contribution is 6.04. The van der Waals surface area contributed by atoms with Crippen molar-refractivity contribution in [3.8, 4) is 34.5 Å². The van der Waals surface area contributed by atoms with E-state index in [9.17, 15) is 5.26 Å². The smallest absolute Gasteiger partial charge is 0.226 e. The number of hydrogen-bond donors (Lipinski definition) is 0. The molecule has 0 aliphatic heterocycles. The fourth-order valence-corrected chi connectivity index (χ4v) is 4.06. The molecule has 2 aromatic carbocycles. The van der Waals surface area contributed by atoms with Crippen molar-refractivity contribution in [1.29, 1.82) is 5.26 Å². The maximum Gasteiger partial charge on any atom is 0.226 e. The van der Waals surface area contributed by atoms with E-state index in [4.69, 9.17) is 9.47 Å². The Morgan fingerprint density at radius 3 is 2.42 bits per heavy atom. The van der Waals surface area contributed by atoms with Gasteiger partial charge in [-0.3, -0.25) is 14.5 Å². The monoisotopic (exact) mass is 436 g/mol. The molecule has 3 aromatic heterocycles. The van der Waals surface area contributed by atoms with Gasteiger partial charge in [0.05, 0.1) is 42.7 Å². The molecule has 0 saturated carbocycles. The second-order valence-electron chi connectivity index (χ2n) is 7.44. The molecule has 0 fully saturated rings. The Hall–Kier alpha value is -4.64. The van der Waals surface area contributed by atoms with Crippen molar-refractivity contribution in [1.82, 2.24) is 19.1 Å². The van der Waals surface area contributed by atoms with Crippen molar-refractivity contribution in [2.24, 2.45) is 12.0 Å². The van der Waals surface area contributed by atoms with Crippen molar-refractivity contribution in [2.45, 2.75) is 0 Å². The number of aryl methyl sites for hydroxylation is 1. The van der Waals surface area contributed by atoms with Crippen LogP contribution in [0.2, 0.25) is 0 Å². The lowest BCUT2D eigenvalue weighted by Gasteiger charge is -2.11. The number of fused-ring (bicyclic) bond motifs is 3. The summed E-state index contributed by atoms with van der Waals surface area (Å²) in [6, 6.07) is 15.6. The van der Waals surface area contributed by atoms with Crippen molar-refractivity contribution < 1.29 is 9.47 Å². The average Bonchev–Trinajstić information content (AvgIpc) is 3.16. The molecule has 5 rings (SSSR count). The fourth-order valence-electron chi connectivity index (χ4n) is 4.06. The maximum atomic E-state index is 9.43. The molecule has 0 spiro atoms. The van der Waals surface area contributed by atoms with Crippen LogP contribution in [0.1, 0.15) is 0 Å². The van der Waals surface area contributed by atoms with Gasteiger partial charge in [0.25, 0.3) is 0 Å². The predicted octanol–water partition coefficient (Wildman–Crippen LogP) is 3.98. The van der Waals surface area contributed by atoms with Crippen LogP contribution in [0.4, 0.5) is 0 Å². The molecule has 0 saturated heterocycles. The number of rotatable bonds is 4. The maximum absolute atomic E-state index is 9.43. The molecule has 0 atom stereocenters. The standard InChI is InChI=1S/C25H20N6O2/c1-30-23-14-28-22-7-6-16(17-5-4-8-27-13-17)9-21(22)24(23)31(25(30)29-15-26)18-10-19(32-2)12-20(11-18)33-3/h4-14H,1-3H3/b29-25-. The van der Waals surface area contributed by atoms with Crippen LogP contribution >= 0.6 is 0 Å². The largest absolute Gasteiger partial charge is 0.497 e. The third-order valence-electron chi connectivity index (χ3n) is 5.64. The zero-order valence-corrected chi connectivity index (χ0v) is 18.4. The molecule has 0 unspecified atom stereocenters. The van der Waals surface area contributed by atoms with Crippen LogP contribution in [0.3, 0.4) is 0 Å².